The molecule has 0 bridgehead atoms. The predicted octanol–water partition coefficient (Wildman–Crippen LogP) is 1.62. The summed E-state index contributed by atoms with van der Waals surface area (Å²) < 4.78 is 4.62. The van der Waals surface area contributed by atoms with E-state index in [1.807, 2.05) is 6.92 Å². The fourth-order valence-electron chi connectivity index (χ4n) is 1.57. The smallest absolute Gasteiger partial charge is 0.311 e. The van der Waals surface area contributed by atoms with Crippen LogP contribution in [-0.4, -0.2) is 23.3 Å². The van der Waals surface area contributed by atoms with Gasteiger partial charge in [-0.25, -0.2) is 0 Å². The van der Waals surface area contributed by atoms with Crippen LogP contribution < -0.4 is 0 Å². The normalized spacial score (nSPS) is 14.2. The molecule has 2 N–H and O–H groups in total. The van der Waals surface area contributed by atoms with E-state index in [1.165, 1.54) is 19.2 Å². The first-order chi connectivity index (χ1) is 7.60. The minimum atomic E-state index is -0.905. The Balaban J connectivity index is 2.86. The molecule has 1 aromatic carbocycles. The second-order valence-electron chi connectivity index (χ2n) is 3.57. The molecule has 0 saturated heterocycles. The molecule has 1 aromatic rings. The largest absolute Gasteiger partial charge is 0.508 e. The molecule has 1 rings (SSSR count). The van der Waals surface area contributed by atoms with Gasteiger partial charge < -0.3 is 14.9 Å². The van der Waals surface area contributed by atoms with Crippen molar-refractivity contribution in [1.29, 1.82) is 0 Å². The Labute approximate surface area is 94.5 Å². The molecule has 2 atom stereocenters. The highest BCUT2D eigenvalue weighted by Crippen LogP contribution is 2.26. The lowest BCUT2D eigenvalue weighted by molar-refractivity contribution is -0.149. The van der Waals surface area contributed by atoms with E-state index >= 15 is 0 Å². The topological polar surface area (TPSA) is 66.8 Å². The number of hydrogen-bond acceptors (Lipinski definition) is 4. The predicted molar refractivity (Wildman–Crippen MR) is 58.9 cm³/mol. The van der Waals surface area contributed by atoms with E-state index in [0.717, 1.165) is 0 Å². The van der Waals surface area contributed by atoms with Crippen LogP contribution in [-0.2, 0) is 9.53 Å². The molecule has 0 spiro atoms. The highest BCUT2D eigenvalue weighted by molar-refractivity contribution is 5.73. The first-order valence-electron chi connectivity index (χ1n) is 5.15. The maximum atomic E-state index is 11.4. The zero-order valence-corrected chi connectivity index (χ0v) is 9.38. The molecule has 4 heteroatoms. The van der Waals surface area contributed by atoms with Crippen molar-refractivity contribution < 1.29 is 19.7 Å². The average molecular weight is 224 g/mol. The number of benzene rings is 1. The molecule has 0 fully saturated rings. The molecule has 0 saturated carbocycles. The SMILES string of the molecule is CCC(C(=O)OC)C(O)c1ccc(O)cc1. The minimum Gasteiger partial charge on any atom is -0.508 e. The van der Waals surface area contributed by atoms with Crippen LogP contribution >= 0.6 is 0 Å². The third-order valence-electron chi connectivity index (χ3n) is 2.56. The molecule has 0 aliphatic heterocycles. The molecule has 16 heavy (non-hydrogen) atoms. The third kappa shape index (κ3) is 2.73. The summed E-state index contributed by atoms with van der Waals surface area (Å²) in [6.45, 7) is 1.81. The number of esters is 1. The number of carbonyl (C=O) groups is 1. The van der Waals surface area contributed by atoms with E-state index in [-0.39, 0.29) is 5.75 Å². The number of aliphatic hydroxyl groups is 1. The number of aliphatic hydroxyl groups excluding tert-OH is 1. The van der Waals surface area contributed by atoms with Gasteiger partial charge in [-0.05, 0) is 24.1 Å². The van der Waals surface area contributed by atoms with Crippen molar-refractivity contribution in [2.75, 3.05) is 7.11 Å². The van der Waals surface area contributed by atoms with Gasteiger partial charge in [-0.3, -0.25) is 4.79 Å². The third-order valence-corrected chi connectivity index (χ3v) is 2.56. The van der Waals surface area contributed by atoms with E-state index in [2.05, 4.69) is 4.74 Å². The van der Waals surface area contributed by atoms with Gasteiger partial charge in [0.25, 0.3) is 0 Å². The van der Waals surface area contributed by atoms with Gasteiger partial charge in [-0.2, -0.15) is 0 Å². The fourth-order valence-corrected chi connectivity index (χ4v) is 1.57. The molecule has 0 aliphatic rings. The Hall–Kier alpha value is -1.55. The summed E-state index contributed by atoms with van der Waals surface area (Å²) in [5.41, 5.74) is 0.593. The first kappa shape index (κ1) is 12.5. The van der Waals surface area contributed by atoms with Crippen LogP contribution in [0, 0.1) is 5.92 Å². The zero-order chi connectivity index (χ0) is 12.1. The minimum absolute atomic E-state index is 0.127. The van der Waals surface area contributed by atoms with Crippen molar-refractivity contribution in [3.63, 3.8) is 0 Å². The van der Waals surface area contributed by atoms with Crippen molar-refractivity contribution >= 4 is 5.97 Å². The van der Waals surface area contributed by atoms with Crippen molar-refractivity contribution in [1.82, 2.24) is 0 Å². The number of rotatable bonds is 4. The second kappa shape index (κ2) is 5.51. The van der Waals surface area contributed by atoms with E-state index < -0.39 is 18.0 Å². The van der Waals surface area contributed by atoms with Crippen LogP contribution in [0.25, 0.3) is 0 Å². The first-order valence-corrected chi connectivity index (χ1v) is 5.15. The molecule has 0 aromatic heterocycles. The molecule has 88 valence electrons. The van der Waals surface area contributed by atoms with Crippen LogP contribution in [0.1, 0.15) is 25.0 Å². The van der Waals surface area contributed by atoms with E-state index in [9.17, 15) is 9.90 Å². The molecule has 0 heterocycles. The summed E-state index contributed by atoms with van der Waals surface area (Å²) in [7, 11) is 1.30. The fraction of sp³-hybridized carbons (Fsp3) is 0.417. The van der Waals surface area contributed by atoms with Crippen LogP contribution in [0.2, 0.25) is 0 Å². The maximum absolute atomic E-state index is 11.4. The molecular formula is C12H16O4. The lowest BCUT2D eigenvalue weighted by Gasteiger charge is -2.19. The Morgan fingerprint density at radius 3 is 2.38 bits per heavy atom. The number of aromatic hydroxyl groups is 1. The van der Waals surface area contributed by atoms with Gasteiger partial charge >= 0.3 is 5.97 Å². The summed E-state index contributed by atoms with van der Waals surface area (Å²) in [6.07, 6.45) is -0.410. The Morgan fingerprint density at radius 2 is 1.94 bits per heavy atom. The van der Waals surface area contributed by atoms with Crippen molar-refractivity contribution in [3.05, 3.63) is 29.8 Å². The average Bonchev–Trinajstić information content (AvgIpc) is 2.30. The number of phenols is 1. The Morgan fingerprint density at radius 1 is 1.38 bits per heavy atom. The van der Waals surface area contributed by atoms with E-state index in [0.29, 0.717) is 12.0 Å². The number of methoxy groups -OCH3 is 1. The quantitative estimate of drug-likeness (QED) is 0.763. The van der Waals surface area contributed by atoms with Crippen molar-refractivity contribution in [3.8, 4) is 5.75 Å². The van der Waals surface area contributed by atoms with Gasteiger partial charge in [0.1, 0.15) is 5.75 Å². The van der Waals surface area contributed by atoms with Crippen LogP contribution in [0.4, 0.5) is 0 Å². The monoisotopic (exact) mass is 224 g/mol. The summed E-state index contributed by atoms with van der Waals surface area (Å²) in [4.78, 5) is 11.4. The zero-order valence-electron chi connectivity index (χ0n) is 9.38. The standard InChI is InChI=1S/C12H16O4/c1-3-10(12(15)16-2)11(14)8-4-6-9(13)7-5-8/h4-7,10-11,13-14H,3H2,1-2H3. The van der Waals surface area contributed by atoms with Crippen molar-refractivity contribution in [2.24, 2.45) is 5.92 Å². The number of ether oxygens (including phenoxy) is 1. The van der Waals surface area contributed by atoms with Crippen LogP contribution in [0.5, 0.6) is 5.75 Å². The second-order valence-corrected chi connectivity index (χ2v) is 3.57. The highest BCUT2D eigenvalue weighted by Gasteiger charge is 2.26. The van der Waals surface area contributed by atoms with Gasteiger partial charge in [0, 0.05) is 0 Å². The lowest BCUT2D eigenvalue weighted by atomic mass is 9.93. The van der Waals surface area contributed by atoms with E-state index in [4.69, 9.17) is 5.11 Å². The molecule has 0 radical (unpaired) electrons. The summed E-state index contributed by atoms with van der Waals surface area (Å²) in [5.74, 6) is -0.875. The van der Waals surface area contributed by atoms with Gasteiger partial charge in [0.2, 0.25) is 0 Å². The molecule has 0 aliphatic carbocycles. The van der Waals surface area contributed by atoms with E-state index in [1.54, 1.807) is 12.1 Å². The Bertz CT molecular complexity index is 345. The summed E-state index contributed by atoms with van der Waals surface area (Å²) >= 11 is 0. The molecule has 0 amide bonds. The lowest BCUT2D eigenvalue weighted by Crippen LogP contribution is -2.22. The van der Waals surface area contributed by atoms with Gasteiger partial charge in [-0.15, -0.1) is 0 Å². The Kier molecular flexibility index (Phi) is 4.31. The van der Waals surface area contributed by atoms with Gasteiger partial charge in [0.05, 0.1) is 19.1 Å². The van der Waals surface area contributed by atoms with Crippen molar-refractivity contribution in [2.45, 2.75) is 19.4 Å². The number of carbonyl (C=O) groups excluding carboxylic acids is 1. The molecule has 4 nitrogen and oxygen atoms in total. The summed E-state index contributed by atoms with van der Waals surface area (Å²) in [5, 5.41) is 19.1. The highest BCUT2D eigenvalue weighted by atomic mass is 16.5. The number of phenolic OH excluding ortho intramolecular Hbond substituents is 1. The number of hydrogen-bond donors (Lipinski definition) is 2. The molecule has 2 unspecified atom stereocenters. The maximum Gasteiger partial charge on any atom is 0.311 e. The van der Waals surface area contributed by atoms with Crippen LogP contribution in [0.3, 0.4) is 0 Å². The van der Waals surface area contributed by atoms with Gasteiger partial charge in [0.15, 0.2) is 0 Å². The van der Waals surface area contributed by atoms with Crippen LogP contribution in [0.15, 0.2) is 24.3 Å². The van der Waals surface area contributed by atoms with Gasteiger partial charge in [-0.1, -0.05) is 19.1 Å². The summed E-state index contributed by atoms with van der Waals surface area (Å²) in [6, 6.07) is 6.13. The molecular weight excluding hydrogens is 208 g/mol.